The Morgan fingerprint density at radius 2 is 2.08 bits per heavy atom. The number of rotatable bonds is 6. The second-order valence-electron chi connectivity index (χ2n) is 3.43. The Labute approximate surface area is 74.7 Å². The monoisotopic (exact) mass is 172 g/mol. The number of primary amides is 1. The molecule has 0 saturated carbocycles. The Bertz CT molecular complexity index is 134. The molecule has 1 unspecified atom stereocenters. The summed E-state index contributed by atoms with van der Waals surface area (Å²) in [6.45, 7) is 6.99. The number of unbranched alkanes of at least 4 members (excludes halogenated alkanes) is 1. The summed E-state index contributed by atoms with van der Waals surface area (Å²) in [4.78, 5) is 10.9. The van der Waals surface area contributed by atoms with E-state index in [1.54, 1.807) is 0 Å². The van der Waals surface area contributed by atoms with Crippen molar-refractivity contribution in [3.05, 3.63) is 0 Å². The lowest BCUT2D eigenvalue weighted by molar-refractivity contribution is -0.121. The molecule has 0 aromatic carbocycles. The average molecular weight is 172 g/mol. The van der Waals surface area contributed by atoms with Gasteiger partial charge < -0.3 is 11.1 Å². The molecule has 0 radical (unpaired) electrons. The minimum absolute atomic E-state index is 0.170. The standard InChI is InChI=1S/C9H20N2O/c1-4-5-6-11-8(7(2)3)9(10)12/h7-8,11H,4-6H2,1-3H3,(H2,10,12). The van der Waals surface area contributed by atoms with E-state index in [9.17, 15) is 4.79 Å². The maximum atomic E-state index is 10.9. The minimum atomic E-state index is -0.249. The van der Waals surface area contributed by atoms with E-state index in [0.29, 0.717) is 0 Å². The summed E-state index contributed by atoms with van der Waals surface area (Å²) in [5.74, 6) is 0.0282. The minimum Gasteiger partial charge on any atom is -0.368 e. The van der Waals surface area contributed by atoms with Crippen LogP contribution < -0.4 is 11.1 Å². The molecule has 3 nitrogen and oxygen atoms in total. The molecule has 0 spiro atoms. The predicted molar refractivity (Wildman–Crippen MR) is 50.7 cm³/mol. The maximum absolute atomic E-state index is 10.9. The van der Waals surface area contributed by atoms with Crippen LogP contribution in [0.5, 0.6) is 0 Å². The molecule has 0 heterocycles. The Morgan fingerprint density at radius 1 is 1.50 bits per heavy atom. The van der Waals surface area contributed by atoms with Crippen molar-refractivity contribution in [2.24, 2.45) is 11.7 Å². The van der Waals surface area contributed by atoms with Crippen LogP contribution in [0.15, 0.2) is 0 Å². The lowest BCUT2D eigenvalue weighted by Gasteiger charge is -2.18. The lowest BCUT2D eigenvalue weighted by Crippen LogP contribution is -2.45. The van der Waals surface area contributed by atoms with Gasteiger partial charge in [0.2, 0.25) is 5.91 Å². The Morgan fingerprint density at radius 3 is 2.42 bits per heavy atom. The van der Waals surface area contributed by atoms with Crippen LogP contribution in [0.25, 0.3) is 0 Å². The zero-order valence-corrected chi connectivity index (χ0v) is 8.26. The van der Waals surface area contributed by atoms with Gasteiger partial charge in [-0.1, -0.05) is 27.2 Å². The van der Waals surface area contributed by atoms with Gasteiger partial charge in [-0.15, -0.1) is 0 Å². The van der Waals surface area contributed by atoms with Crippen LogP contribution in [0.1, 0.15) is 33.6 Å². The van der Waals surface area contributed by atoms with Crippen molar-refractivity contribution in [3.63, 3.8) is 0 Å². The number of nitrogens with one attached hydrogen (secondary N) is 1. The summed E-state index contributed by atoms with van der Waals surface area (Å²) in [6.07, 6.45) is 2.23. The van der Waals surface area contributed by atoms with Crippen molar-refractivity contribution in [2.45, 2.75) is 39.7 Å². The summed E-state index contributed by atoms with van der Waals surface area (Å²) in [5, 5.41) is 3.14. The smallest absolute Gasteiger partial charge is 0.234 e. The molecule has 3 heteroatoms. The van der Waals surface area contributed by atoms with E-state index < -0.39 is 0 Å². The van der Waals surface area contributed by atoms with Crippen molar-refractivity contribution in [2.75, 3.05) is 6.54 Å². The highest BCUT2D eigenvalue weighted by atomic mass is 16.1. The molecular formula is C9H20N2O. The quantitative estimate of drug-likeness (QED) is 0.584. The zero-order chi connectivity index (χ0) is 9.56. The summed E-state index contributed by atoms with van der Waals surface area (Å²) in [7, 11) is 0. The fraction of sp³-hybridized carbons (Fsp3) is 0.889. The van der Waals surface area contributed by atoms with E-state index in [1.165, 1.54) is 0 Å². The highest BCUT2D eigenvalue weighted by Gasteiger charge is 2.17. The summed E-state index contributed by atoms with van der Waals surface area (Å²) >= 11 is 0. The number of nitrogens with two attached hydrogens (primary N) is 1. The van der Waals surface area contributed by atoms with Gasteiger partial charge in [0.05, 0.1) is 6.04 Å². The van der Waals surface area contributed by atoms with Gasteiger partial charge in [-0.25, -0.2) is 0 Å². The molecule has 12 heavy (non-hydrogen) atoms. The molecule has 0 saturated heterocycles. The number of hydrogen-bond donors (Lipinski definition) is 2. The molecule has 0 bridgehead atoms. The first-order valence-electron chi connectivity index (χ1n) is 4.62. The van der Waals surface area contributed by atoms with E-state index >= 15 is 0 Å². The molecule has 0 rings (SSSR count). The van der Waals surface area contributed by atoms with Crippen molar-refractivity contribution >= 4 is 5.91 Å². The molecule has 0 aliphatic heterocycles. The van der Waals surface area contributed by atoms with Crippen molar-refractivity contribution in [3.8, 4) is 0 Å². The van der Waals surface area contributed by atoms with Crippen LogP contribution in [0.2, 0.25) is 0 Å². The first kappa shape index (κ1) is 11.4. The zero-order valence-electron chi connectivity index (χ0n) is 8.26. The second-order valence-corrected chi connectivity index (χ2v) is 3.43. The van der Waals surface area contributed by atoms with Crippen molar-refractivity contribution < 1.29 is 4.79 Å². The number of hydrogen-bond acceptors (Lipinski definition) is 2. The van der Waals surface area contributed by atoms with E-state index in [0.717, 1.165) is 19.4 Å². The molecule has 0 aromatic heterocycles. The Hall–Kier alpha value is -0.570. The highest BCUT2D eigenvalue weighted by Crippen LogP contribution is 2.00. The third-order valence-corrected chi connectivity index (χ3v) is 1.87. The molecule has 0 aromatic rings. The van der Waals surface area contributed by atoms with Gasteiger partial charge in [-0.05, 0) is 18.9 Å². The van der Waals surface area contributed by atoms with Gasteiger partial charge in [0.25, 0.3) is 0 Å². The third kappa shape index (κ3) is 4.34. The van der Waals surface area contributed by atoms with Crippen LogP contribution >= 0.6 is 0 Å². The summed E-state index contributed by atoms with van der Waals surface area (Å²) in [6, 6.07) is -0.170. The molecule has 1 amide bonds. The predicted octanol–water partition coefficient (Wildman–Crippen LogP) is 0.886. The number of carbonyl (C=O) groups is 1. The van der Waals surface area contributed by atoms with E-state index in [2.05, 4.69) is 12.2 Å². The largest absolute Gasteiger partial charge is 0.368 e. The summed E-state index contributed by atoms with van der Waals surface area (Å²) < 4.78 is 0. The second kappa shape index (κ2) is 6.00. The van der Waals surface area contributed by atoms with Crippen LogP contribution in [0.4, 0.5) is 0 Å². The molecule has 0 fully saturated rings. The van der Waals surface area contributed by atoms with Gasteiger partial charge in [-0.3, -0.25) is 4.79 Å². The first-order chi connectivity index (χ1) is 5.59. The normalized spacial score (nSPS) is 13.3. The molecule has 0 aliphatic rings. The molecule has 1 atom stereocenters. The molecular weight excluding hydrogens is 152 g/mol. The molecule has 0 aliphatic carbocycles. The topological polar surface area (TPSA) is 55.1 Å². The molecule has 3 N–H and O–H groups in total. The fourth-order valence-corrected chi connectivity index (χ4v) is 1.10. The Kier molecular flexibility index (Phi) is 5.72. The van der Waals surface area contributed by atoms with E-state index in [-0.39, 0.29) is 17.9 Å². The molecule has 72 valence electrons. The van der Waals surface area contributed by atoms with E-state index in [4.69, 9.17) is 5.73 Å². The Balaban J connectivity index is 3.72. The highest BCUT2D eigenvalue weighted by molar-refractivity contribution is 5.80. The van der Waals surface area contributed by atoms with Gasteiger partial charge in [0, 0.05) is 0 Å². The van der Waals surface area contributed by atoms with Gasteiger partial charge in [-0.2, -0.15) is 0 Å². The van der Waals surface area contributed by atoms with Gasteiger partial charge in [0.1, 0.15) is 0 Å². The van der Waals surface area contributed by atoms with Gasteiger partial charge in [0.15, 0.2) is 0 Å². The SMILES string of the molecule is CCCCNC(C(N)=O)C(C)C. The van der Waals surface area contributed by atoms with E-state index in [1.807, 2.05) is 13.8 Å². The van der Waals surface area contributed by atoms with Crippen LogP contribution in [0.3, 0.4) is 0 Å². The van der Waals surface area contributed by atoms with Crippen LogP contribution in [0, 0.1) is 5.92 Å². The summed E-state index contributed by atoms with van der Waals surface area (Å²) in [5.41, 5.74) is 5.22. The van der Waals surface area contributed by atoms with Crippen LogP contribution in [-0.4, -0.2) is 18.5 Å². The maximum Gasteiger partial charge on any atom is 0.234 e. The van der Waals surface area contributed by atoms with Crippen molar-refractivity contribution in [1.29, 1.82) is 0 Å². The average Bonchev–Trinajstić information content (AvgIpc) is 1.96. The number of carbonyl (C=O) groups excluding carboxylic acids is 1. The fourth-order valence-electron chi connectivity index (χ4n) is 1.10. The first-order valence-corrected chi connectivity index (χ1v) is 4.62. The third-order valence-electron chi connectivity index (χ3n) is 1.87. The lowest BCUT2D eigenvalue weighted by atomic mass is 10.0. The van der Waals surface area contributed by atoms with Crippen LogP contribution in [-0.2, 0) is 4.79 Å². The van der Waals surface area contributed by atoms with Crippen molar-refractivity contribution in [1.82, 2.24) is 5.32 Å². The van der Waals surface area contributed by atoms with Gasteiger partial charge >= 0.3 is 0 Å². The number of amides is 1.